The van der Waals surface area contributed by atoms with Crippen molar-refractivity contribution in [1.29, 1.82) is 0 Å². The van der Waals surface area contributed by atoms with Gasteiger partial charge in [0.2, 0.25) is 0 Å². The summed E-state index contributed by atoms with van der Waals surface area (Å²) in [5.74, 6) is 0. The van der Waals surface area contributed by atoms with Crippen molar-refractivity contribution in [1.82, 2.24) is 0 Å². The minimum absolute atomic E-state index is 0.158. The first-order chi connectivity index (χ1) is 34.4. The van der Waals surface area contributed by atoms with Gasteiger partial charge in [-0.15, -0.1) is 0 Å². The molecule has 1 aliphatic carbocycles. The highest BCUT2D eigenvalue weighted by atomic mass is 15.2. The maximum absolute atomic E-state index is 4.22. The molecule has 71 heavy (non-hydrogen) atoms. The topological polar surface area (TPSA) is 6.48 Å². The second kappa shape index (κ2) is 16.5. The summed E-state index contributed by atoms with van der Waals surface area (Å²) >= 11 is 0. The van der Waals surface area contributed by atoms with E-state index in [0.717, 1.165) is 5.70 Å². The molecule has 0 bridgehead atoms. The zero-order chi connectivity index (χ0) is 48.8. The van der Waals surface area contributed by atoms with Crippen molar-refractivity contribution in [2.45, 2.75) is 57.8 Å². The minimum Gasteiger partial charge on any atom is -0.310 e. The number of nitrogens with zero attached hydrogens (tertiary/aromatic N) is 2. The first kappa shape index (κ1) is 44.0. The Balaban J connectivity index is 0.796. The van der Waals surface area contributed by atoms with Gasteiger partial charge in [0.05, 0.1) is 22.7 Å². The third-order valence-corrected chi connectivity index (χ3v) is 15.9. The molecule has 0 aromatic heterocycles. The van der Waals surface area contributed by atoms with Gasteiger partial charge >= 0.3 is 0 Å². The van der Waals surface area contributed by atoms with Gasteiger partial charge in [0.25, 0.3) is 0 Å². The molecule has 12 rings (SSSR count). The second-order valence-corrected chi connectivity index (χ2v) is 21.1. The summed E-state index contributed by atoms with van der Waals surface area (Å²) in [5, 5.41) is 2.46. The summed E-state index contributed by atoms with van der Waals surface area (Å²) in [7, 11) is 0. The molecule has 0 fully saturated rings. The van der Waals surface area contributed by atoms with E-state index in [1.165, 1.54) is 117 Å². The smallest absolute Gasteiger partial charge is 0.0506 e. The molecule has 9 aromatic carbocycles. The SMILES string of the molecule is C=C/C=C(\C=C)N1c2ccccc2C(C)(C)c2cc3c(cc21)C(C)(C)c1cc(-c2ccc(/C=C/c4ccc5cc(-c6ccc7c(c6)C(C)(C)c6ccccc6N7c6ccccc6)ccc5c4)cc2)ccc1-3. The van der Waals surface area contributed by atoms with Crippen LogP contribution in [0.1, 0.15) is 86.1 Å². The molecule has 0 radical (unpaired) electrons. The summed E-state index contributed by atoms with van der Waals surface area (Å²) in [6.07, 6.45) is 10.3. The molecule has 2 heterocycles. The quantitative estimate of drug-likeness (QED) is 0.111. The van der Waals surface area contributed by atoms with E-state index in [4.69, 9.17) is 0 Å². The molecule has 2 aliphatic heterocycles. The summed E-state index contributed by atoms with van der Waals surface area (Å²) < 4.78 is 0. The van der Waals surface area contributed by atoms with Crippen LogP contribution >= 0.6 is 0 Å². The van der Waals surface area contributed by atoms with E-state index in [9.17, 15) is 0 Å². The number of allylic oxidation sites excluding steroid dienone is 3. The standard InChI is InChI=1S/C69H58N2/c1-9-18-53(10-2)70-63-23-16-14-21-57(63)68(5,6)62-43-56-55-37-35-51(41-59(55)69(7,8)60(56)44-66(62)70)47-30-27-45(28-31-47)25-26-46-29-32-49-40-50(34-33-48(49)39-46)52-36-38-65-61(42-52)67(3,4)58-22-15-17-24-64(58)71(65)54-19-12-11-13-20-54/h9-44H,1-2H2,3-8H3/b26-25+,53-18+. The fourth-order valence-corrected chi connectivity index (χ4v) is 12.0. The van der Waals surface area contributed by atoms with Crippen molar-refractivity contribution in [2.24, 2.45) is 0 Å². The lowest BCUT2D eigenvalue weighted by molar-refractivity contribution is 0.626. The summed E-state index contributed by atoms with van der Waals surface area (Å²) in [4.78, 5) is 4.79. The van der Waals surface area contributed by atoms with Gasteiger partial charge in [0.1, 0.15) is 0 Å². The van der Waals surface area contributed by atoms with Crippen molar-refractivity contribution in [3.8, 4) is 33.4 Å². The second-order valence-electron chi connectivity index (χ2n) is 21.1. The Morgan fingerprint density at radius 3 is 1.66 bits per heavy atom. The van der Waals surface area contributed by atoms with E-state index in [-0.39, 0.29) is 16.2 Å². The Bertz CT molecular complexity index is 3710. The van der Waals surface area contributed by atoms with Crippen LogP contribution in [-0.2, 0) is 16.2 Å². The predicted octanol–water partition coefficient (Wildman–Crippen LogP) is 18.8. The van der Waals surface area contributed by atoms with Gasteiger partial charge in [-0.25, -0.2) is 0 Å². The van der Waals surface area contributed by atoms with Crippen LogP contribution in [0.5, 0.6) is 0 Å². The van der Waals surface area contributed by atoms with Crippen LogP contribution in [0, 0.1) is 0 Å². The van der Waals surface area contributed by atoms with Gasteiger partial charge in [0, 0.05) is 27.6 Å². The van der Waals surface area contributed by atoms with Crippen molar-refractivity contribution in [2.75, 3.05) is 9.80 Å². The number of rotatable bonds is 8. The molecule has 0 spiro atoms. The lowest BCUT2D eigenvalue weighted by atomic mass is 9.71. The highest BCUT2D eigenvalue weighted by Crippen LogP contribution is 2.58. The molecule has 0 atom stereocenters. The zero-order valence-corrected chi connectivity index (χ0v) is 41.6. The Labute approximate surface area is 419 Å². The van der Waals surface area contributed by atoms with Crippen LogP contribution in [0.2, 0.25) is 0 Å². The van der Waals surface area contributed by atoms with Gasteiger partial charge in [-0.1, -0.05) is 194 Å². The lowest BCUT2D eigenvalue weighted by Crippen LogP contribution is -2.32. The average molecular weight is 915 g/mol. The number of fused-ring (bicyclic) bond motifs is 8. The van der Waals surface area contributed by atoms with E-state index < -0.39 is 0 Å². The largest absolute Gasteiger partial charge is 0.310 e. The van der Waals surface area contributed by atoms with E-state index in [1.807, 2.05) is 12.2 Å². The molecule has 2 nitrogen and oxygen atoms in total. The Kier molecular flexibility index (Phi) is 10.2. The van der Waals surface area contributed by atoms with Crippen LogP contribution in [0.3, 0.4) is 0 Å². The average Bonchev–Trinajstić information content (AvgIpc) is 3.61. The van der Waals surface area contributed by atoms with Crippen LogP contribution in [0.4, 0.5) is 28.4 Å². The number of anilines is 5. The van der Waals surface area contributed by atoms with Crippen LogP contribution in [0.25, 0.3) is 56.3 Å². The first-order valence-electron chi connectivity index (χ1n) is 25.0. The lowest BCUT2D eigenvalue weighted by Gasteiger charge is -2.43. The summed E-state index contributed by atoms with van der Waals surface area (Å²) in [6.45, 7) is 22.4. The van der Waals surface area contributed by atoms with Gasteiger partial charge in [-0.05, 0) is 168 Å². The van der Waals surface area contributed by atoms with Crippen molar-refractivity contribution < 1.29 is 0 Å². The van der Waals surface area contributed by atoms with E-state index >= 15 is 0 Å². The highest BCUT2D eigenvalue weighted by molar-refractivity contribution is 5.93. The molecule has 0 unspecified atom stereocenters. The van der Waals surface area contributed by atoms with Crippen LogP contribution < -0.4 is 9.80 Å². The maximum Gasteiger partial charge on any atom is 0.0506 e. The molecule has 0 saturated carbocycles. The maximum atomic E-state index is 4.22. The van der Waals surface area contributed by atoms with Crippen molar-refractivity contribution in [3.63, 3.8) is 0 Å². The predicted molar refractivity (Wildman–Crippen MR) is 304 cm³/mol. The molecule has 344 valence electrons. The number of benzene rings is 9. The summed E-state index contributed by atoms with van der Waals surface area (Å²) in [5.41, 5.74) is 24.4. The molecule has 9 aromatic rings. The molecular formula is C69H58N2. The highest BCUT2D eigenvalue weighted by Gasteiger charge is 2.43. The van der Waals surface area contributed by atoms with E-state index in [2.05, 4.69) is 271 Å². The first-order valence-corrected chi connectivity index (χ1v) is 25.0. The monoisotopic (exact) mass is 914 g/mol. The molecule has 0 amide bonds. The van der Waals surface area contributed by atoms with Gasteiger partial charge in [-0.2, -0.15) is 0 Å². The van der Waals surface area contributed by atoms with Crippen molar-refractivity contribution in [3.05, 3.63) is 270 Å². The van der Waals surface area contributed by atoms with Crippen LogP contribution in [-0.4, -0.2) is 0 Å². The third-order valence-electron chi connectivity index (χ3n) is 15.9. The molecule has 3 aliphatic rings. The van der Waals surface area contributed by atoms with Gasteiger partial charge in [-0.3, -0.25) is 0 Å². The fourth-order valence-electron chi connectivity index (χ4n) is 12.0. The molecular weight excluding hydrogens is 857 g/mol. The number of para-hydroxylation sites is 3. The Morgan fingerprint density at radius 2 is 0.915 bits per heavy atom. The number of hydrogen-bond acceptors (Lipinski definition) is 2. The number of hydrogen-bond donors (Lipinski definition) is 0. The molecule has 2 heteroatoms. The molecule has 0 saturated heterocycles. The van der Waals surface area contributed by atoms with Gasteiger partial charge in [0.15, 0.2) is 0 Å². The van der Waals surface area contributed by atoms with E-state index in [1.54, 1.807) is 0 Å². The normalized spacial score (nSPS) is 15.6. The minimum atomic E-state index is -0.194. The summed E-state index contributed by atoms with van der Waals surface area (Å²) in [6, 6.07) is 70.0. The zero-order valence-electron chi connectivity index (χ0n) is 41.6. The third kappa shape index (κ3) is 6.99. The Morgan fingerprint density at radius 1 is 0.394 bits per heavy atom. The van der Waals surface area contributed by atoms with Gasteiger partial charge < -0.3 is 9.80 Å². The fraction of sp³-hybridized carbons (Fsp3) is 0.130. The Hall–Kier alpha value is -8.20. The van der Waals surface area contributed by atoms with Crippen LogP contribution in [0.15, 0.2) is 225 Å². The van der Waals surface area contributed by atoms with E-state index in [0.29, 0.717) is 0 Å². The molecule has 0 N–H and O–H groups in total. The van der Waals surface area contributed by atoms with Crippen molar-refractivity contribution >= 4 is 51.4 Å².